The van der Waals surface area contributed by atoms with E-state index in [2.05, 4.69) is 12.0 Å². The fourth-order valence-corrected chi connectivity index (χ4v) is 1.88. The van der Waals surface area contributed by atoms with Crippen molar-refractivity contribution >= 4 is 0 Å². The lowest BCUT2D eigenvalue weighted by molar-refractivity contribution is 0.291. The van der Waals surface area contributed by atoms with Crippen LogP contribution >= 0.6 is 0 Å². The molecule has 0 aliphatic carbocycles. The van der Waals surface area contributed by atoms with Gasteiger partial charge < -0.3 is 10.5 Å². The van der Waals surface area contributed by atoms with Crippen molar-refractivity contribution < 1.29 is 9.13 Å². The Morgan fingerprint density at radius 3 is 2.79 bits per heavy atom. The third-order valence-electron chi connectivity index (χ3n) is 3.01. The highest BCUT2D eigenvalue weighted by Crippen LogP contribution is 2.20. The van der Waals surface area contributed by atoms with Crippen LogP contribution in [0.5, 0.6) is 5.75 Å². The van der Waals surface area contributed by atoms with E-state index in [1.807, 2.05) is 13.1 Å². The van der Waals surface area contributed by atoms with Gasteiger partial charge in [-0.25, -0.2) is 4.39 Å². The second-order valence-corrected chi connectivity index (χ2v) is 4.35. The van der Waals surface area contributed by atoms with Crippen molar-refractivity contribution in [3.05, 3.63) is 47.0 Å². The molecule has 0 fully saturated rings. The molecule has 0 spiro atoms. The lowest BCUT2D eigenvalue weighted by Crippen LogP contribution is -2.06. The van der Waals surface area contributed by atoms with Gasteiger partial charge in [-0.15, -0.1) is 0 Å². The van der Waals surface area contributed by atoms with Crippen LogP contribution < -0.4 is 10.5 Å². The van der Waals surface area contributed by atoms with Gasteiger partial charge in [0.2, 0.25) is 0 Å². The van der Waals surface area contributed by atoms with Gasteiger partial charge >= 0.3 is 0 Å². The van der Waals surface area contributed by atoms with Crippen molar-refractivity contribution in [2.45, 2.75) is 26.5 Å². The quantitative estimate of drug-likeness (QED) is 0.899. The van der Waals surface area contributed by atoms with Gasteiger partial charge in [0.15, 0.2) is 0 Å². The van der Waals surface area contributed by atoms with E-state index in [4.69, 9.17) is 10.5 Å². The molecular weight excluding hydrogens is 245 g/mol. The van der Waals surface area contributed by atoms with Gasteiger partial charge in [0, 0.05) is 19.2 Å². The Labute approximate surface area is 112 Å². The van der Waals surface area contributed by atoms with Crippen molar-refractivity contribution in [1.82, 2.24) is 9.78 Å². The Kier molecular flexibility index (Phi) is 4.16. The summed E-state index contributed by atoms with van der Waals surface area (Å²) in [7, 11) is 1.88. The summed E-state index contributed by atoms with van der Waals surface area (Å²) in [6.07, 6.45) is 0.887. The monoisotopic (exact) mass is 263 g/mol. The van der Waals surface area contributed by atoms with E-state index in [9.17, 15) is 4.39 Å². The summed E-state index contributed by atoms with van der Waals surface area (Å²) in [4.78, 5) is 0. The van der Waals surface area contributed by atoms with Crippen LogP contribution in [0.2, 0.25) is 0 Å². The van der Waals surface area contributed by atoms with Crippen LogP contribution in [-0.2, 0) is 26.6 Å². The maximum Gasteiger partial charge on any atom is 0.130 e. The first kappa shape index (κ1) is 13.5. The Hall–Kier alpha value is -1.88. The van der Waals surface area contributed by atoms with E-state index in [0.29, 0.717) is 17.9 Å². The zero-order valence-electron chi connectivity index (χ0n) is 11.2. The molecule has 0 unspecified atom stereocenters. The van der Waals surface area contributed by atoms with E-state index in [-0.39, 0.29) is 12.4 Å². The molecule has 0 atom stereocenters. The zero-order chi connectivity index (χ0) is 13.8. The lowest BCUT2D eigenvalue weighted by atomic mass is 10.2. The molecule has 19 heavy (non-hydrogen) atoms. The molecule has 0 amide bonds. The van der Waals surface area contributed by atoms with Crippen molar-refractivity contribution in [1.29, 1.82) is 0 Å². The highest BCUT2D eigenvalue weighted by Gasteiger charge is 2.07. The van der Waals surface area contributed by atoms with E-state index in [1.165, 1.54) is 12.1 Å². The molecule has 5 heteroatoms. The Morgan fingerprint density at radius 2 is 2.16 bits per heavy atom. The highest BCUT2D eigenvalue weighted by molar-refractivity contribution is 5.34. The molecule has 0 aliphatic rings. The van der Waals surface area contributed by atoms with Gasteiger partial charge in [-0.3, -0.25) is 4.68 Å². The van der Waals surface area contributed by atoms with Crippen LogP contribution in [0.25, 0.3) is 0 Å². The summed E-state index contributed by atoms with van der Waals surface area (Å²) in [5.41, 5.74) is 8.25. The van der Waals surface area contributed by atoms with Crippen LogP contribution in [-0.4, -0.2) is 9.78 Å². The minimum Gasteiger partial charge on any atom is -0.487 e. The maximum absolute atomic E-state index is 13.1. The molecule has 2 rings (SSSR count). The van der Waals surface area contributed by atoms with Crippen molar-refractivity contribution in [2.75, 3.05) is 0 Å². The molecular formula is C14H18FN3O. The molecule has 102 valence electrons. The van der Waals surface area contributed by atoms with E-state index < -0.39 is 0 Å². The summed E-state index contributed by atoms with van der Waals surface area (Å²) in [6, 6.07) is 6.38. The number of aryl methyl sites for hydroxylation is 2. The second kappa shape index (κ2) is 5.84. The Morgan fingerprint density at radius 1 is 1.37 bits per heavy atom. The van der Waals surface area contributed by atoms with Crippen LogP contribution in [0.4, 0.5) is 4.39 Å². The predicted molar refractivity (Wildman–Crippen MR) is 71.2 cm³/mol. The van der Waals surface area contributed by atoms with E-state index in [0.717, 1.165) is 17.8 Å². The molecule has 4 nitrogen and oxygen atoms in total. The van der Waals surface area contributed by atoms with Gasteiger partial charge in [-0.05, 0) is 30.7 Å². The highest BCUT2D eigenvalue weighted by atomic mass is 19.1. The average molecular weight is 263 g/mol. The molecule has 0 saturated heterocycles. The first-order valence-electron chi connectivity index (χ1n) is 6.27. The molecule has 1 aromatic carbocycles. The second-order valence-electron chi connectivity index (χ2n) is 4.35. The lowest BCUT2D eigenvalue weighted by Gasteiger charge is -2.10. The van der Waals surface area contributed by atoms with Crippen LogP contribution in [0.15, 0.2) is 24.3 Å². The minimum absolute atomic E-state index is 0.249. The first-order chi connectivity index (χ1) is 9.13. The predicted octanol–water partition coefficient (Wildman–Crippen LogP) is 2.16. The van der Waals surface area contributed by atoms with Gasteiger partial charge in [0.25, 0.3) is 0 Å². The summed E-state index contributed by atoms with van der Waals surface area (Å²) in [6.45, 7) is 2.69. The largest absolute Gasteiger partial charge is 0.487 e. The smallest absolute Gasteiger partial charge is 0.130 e. The molecule has 0 bridgehead atoms. The number of nitrogens with zero attached hydrogens (tertiary/aromatic N) is 2. The summed E-state index contributed by atoms with van der Waals surface area (Å²) < 4.78 is 20.6. The third kappa shape index (κ3) is 3.12. The third-order valence-corrected chi connectivity index (χ3v) is 3.01. The normalized spacial score (nSPS) is 10.7. The summed E-state index contributed by atoms with van der Waals surface area (Å²) >= 11 is 0. The molecule has 1 heterocycles. The number of nitrogens with two attached hydrogens (primary N) is 1. The fourth-order valence-electron chi connectivity index (χ4n) is 1.88. The summed E-state index contributed by atoms with van der Waals surface area (Å²) in [5, 5.41) is 4.35. The minimum atomic E-state index is -0.304. The molecule has 1 aromatic heterocycles. The average Bonchev–Trinajstić information content (AvgIpc) is 2.78. The molecule has 0 aliphatic heterocycles. The summed E-state index contributed by atoms with van der Waals surface area (Å²) in [5.74, 6) is 0.310. The van der Waals surface area contributed by atoms with E-state index in [1.54, 1.807) is 10.7 Å². The van der Waals surface area contributed by atoms with Crippen LogP contribution in [0.3, 0.4) is 0 Å². The van der Waals surface area contributed by atoms with Crippen molar-refractivity contribution in [2.24, 2.45) is 12.8 Å². The van der Waals surface area contributed by atoms with Gasteiger partial charge in [-0.2, -0.15) is 5.10 Å². The van der Waals surface area contributed by atoms with Crippen molar-refractivity contribution in [3.8, 4) is 5.75 Å². The molecule has 0 saturated carbocycles. The molecule has 0 radical (unpaired) electrons. The van der Waals surface area contributed by atoms with Crippen LogP contribution in [0, 0.1) is 5.82 Å². The number of hydrogen-bond acceptors (Lipinski definition) is 3. The maximum atomic E-state index is 13.1. The Bertz CT molecular complexity index is 566. The Balaban J connectivity index is 2.11. The first-order valence-corrected chi connectivity index (χ1v) is 6.27. The number of aromatic nitrogens is 2. The zero-order valence-corrected chi connectivity index (χ0v) is 11.2. The van der Waals surface area contributed by atoms with Crippen molar-refractivity contribution in [3.63, 3.8) is 0 Å². The number of halogens is 1. The standard InChI is InChI=1S/C14H18FN3O/c1-3-12-7-13(18(2)17-12)9-19-14-5-4-11(15)6-10(14)8-16/h4-7H,3,8-9,16H2,1-2H3. The fraction of sp³-hybridized carbons (Fsp3) is 0.357. The van der Waals surface area contributed by atoms with E-state index >= 15 is 0 Å². The number of benzene rings is 1. The topological polar surface area (TPSA) is 53.1 Å². The number of ether oxygens (including phenoxy) is 1. The number of rotatable bonds is 5. The number of hydrogen-bond donors (Lipinski definition) is 1. The SMILES string of the molecule is CCc1cc(COc2ccc(F)cc2CN)n(C)n1. The van der Waals surface area contributed by atoms with Crippen LogP contribution in [0.1, 0.15) is 23.9 Å². The molecule has 2 N–H and O–H groups in total. The molecule has 2 aromatic rings. The van der Waals surface area contributed by atoms with Gasteiger partial charge in [-0.1, -0.05) is 6.92 Å². The van der Waals surface area contributed by atoms with Gasteiger partial charge in [0.05, 0.1) is 11.4 Å². The van der Waals surface area contributed by atoms with Gasteiger partial charge in [0.1, 0.15) is 18.2 Å².